The van der Waals surface area contributed by atoms with E-state index in [0.717, 1.165) is 5.33 Å². The molecule has 0 fully saturated rings. The van der Waals surface area contributed by atoms with E-state index in [4.69, 9.17) is 39.0 Å². The molecular formula is C26H41BrO8. The van der Waals surface area contributed by atoms with E-state index in [2.05, 4.69) is 28.1 Å². The predicted molar refractivity (Wildman–Crippen MR) is 140 cm³/mol. The molecule has 0 aliphatic carbocycles. The van der Waals surface area contributed by atoms with Crippen LogP contribution in [0, 0.1) is 0 Å². The van der Waals surface area contributed by atoms with E-state index in [-0.39, 0.29) is 19.8 Å². The molecule has 2 aromatic rings. The van der Waals surface area contributed by atoms with Crippen LogP contribution in [-0.4, -0.2) is 94.6 Å². The number of benzene rings is 2. The van der Waals surface area contributed by atoms with Gasteiger partial charge in [0.15, 0.2) is 0 Å². The molecule has 0 radical (unpaired) electrons. The third-order valence-corrected chi connectivity index (χ3v) is 4.58. The van der Waals surface area contributed by atoms with E-state index in [1.54, 1.807) is 0 Å². The van der Waals surface area contributed by atoms with Gasteiger partial charge in [-0.3, -0.25) is 0 Å². The highest BCUT2D eigenvalue weighted by Gasteiger charge is 1.93. The van der Waals surface area contributed by atoms with E-state index >= 15 is 0 Å². The van der Waals surface area contributed by atoms with Crippen LogP contribution < -0.4 is 0 Å². The lowest BCUT2D eigenvalue weighted by Gasteiger charge is -2.06. The average molecular weight is 562 g/mol. The number of rotatable bonds is 18. The lowest BCUT2D eigenvalue weighted by molar-refractivity contribution is 0.00451. The van der Waals surface area contributed by atoms with Crippen LogP contribution >= 0.6 is 15.9 Å². The summed E-state index contributed by atoms with van der Waals surface area (Å²) in [6.07, 6.45) is 0. The smallest absolute Gasteiger partial charge is 0.0718 e. The van der Waals surface area contributed by atoms with Crippen LogP contribution in [0.4, 0.5) is 0 Å². The second-order valence-corrected chi connectivity index (χ2v) is 7.34. The van der Waals surface area contributed by atoms with E-state index in [1.165, 1.54) is 11.1 Å². The van der Waals surface area contributed by atoms with E-state index in [0.29, 0.717) is 66.1 Å². The fourth-order valence-electron chi connectivity index (χ4n) is 2.29. The Balaban J connectivity index is 0.000000544. The number of aliphatic hydroxyl groups is 3. The highest BCUT2D eigenvalue weighted by atomic mass is 79.9. The number of halogens is 1. The summed E-state index contributed by atoms with van der Waals surface area (Å²) >= 11 is 3.36. The number of ether oxygens (including phenoxy) is 5. The number of hydrogen-bond acceptors (Lipinski definition) is 8. The zero-order valence-corrected chi connectivity index (χ0v) is 22.0. The van der Waals surface area contributed by atoms with Crippen molar-refractivity contribution in [2.24, 2.45) is 0 Å². The molecule has 0 aromatic heterocycles. The maximum absolute atomic E-state index is 8.46. The molecule has 35 heavy (non-hydrogen) atoms. The lowest BCUT2D eigenvalue weighted by atomic mass is 10.2. The Bertz CT molecular complexity index is 626. The molecule has 8 nitrogen and oxygen atoms in total. The maximum Gasteiger partial charge on any atom is 0.0718 e. The molecular weight excluding hydrogens is 520 g/mol. The number of hydrogen-bond donors (Lipinski definition) is 3. The van der Waals surface area contributed by atoms with Crippen molar-refractivity contribution >= 4 is 15.9 Å². The molecule has 0 unspecified atom stereocenters. The standard InChI is InChI=1S/C13H20O4.C7H7Br.C6H14O4/c14-6-7-15-8-9-16-10-11-17-12-13-4-2-1-3-5-13;8-6-7-4-2-1-3-5-7;7-1-3-9-5-6-10-4-2-8/h1-5,14H,6-12H2;1-5H,6H2;7-8H,1-6H2. The normalized spacial score (nSPS) is 10.2. The second-order valence-electron chi connectivity index (χ2n) is 6.78. The second kappa shape index (κ2) is 28.8. The van der Waals surface area contributed by atoms with Crippen LogP contribution in [0.3, 0.4) is 0 Å². The summed E-state index contributed by atoms with van der Waals surface area (Å²) in [7, 11) is 0. The maximum atomic E-state index is 8.46. The van der Waals surface area contributed by atoms with Gasteiger partial charge in [0.05, 0.1) is 85.9 Å². The first kappa shape index (κ1) is 33.6. The summed E-state index contributed by atoms with van der Waals surface area (Å²) in [4.78, 5) is 0. The van der Waals surface area contributed by atoms with Gasteiger partial charge in [0.1, 0.15) is 0 Å². The van der Waals surface area contributed by atoms with Gasteiger partial charge in [0.2, 0.25) is 0 Å². The first-order chi connectivity index (χ1) is 17.3. The highest BCUT2D eigenvalue weighted by Crippen LogP contribution is 2.02. The molecule has 0 saturated heterocycles. The Labute approximate surface area is 217 Å². The Kier molecular flexibility index (Phi) is 27.7. The van der Waals surface area contributed by atoms with Gasteiger partial charge in [-0.15, -0.1) is 0 Å². The summed E-state index contributed by atoms with van der Waals surface area (Å²) in [6.45, 7) is 4.96. The highest BCUT2D eigenvalue weighted by molar-refractivity contribution is 9.08. The van der Waals surface area contributed by atoms with Crippen LogP contribution in [-0.2, 0) is 35.6 Å². The predicted octanol–water partition coefficient (Wildman–Crippen LogP) is 2.81. The average Bonchev–Trinajstić information content (AvgIpc) is 2.91. The van der Waals surface area contributed by atoms with Crippen LogP contribution in [0.15, 0.2) is 60.7 Å². The molecule has 200 valence electrons. The SMILES string of the molecule is BrCc1ccccc1.OCCOCCOCCO.OCCOCCOCCOCc1ccccc1. The van der Waals surface area contributed by atoms with E-state index in [1.807, 2.05) is 48.5 Å². The molecule has 0 spiro atoms. The fourth-order valence-corrected chi connectivity index (χ4v) is 2.66. The minimum Gasteiger partial charge on any atom is -0.394 e. The zero-order chi connectivity index (χ0) is 25.7. The lowest BCUT2D eigenvalue weighted by Crippen LogP contribution is -2.10. The van der Waals surface area contributed by atoms with Crippen molar-refractivity contribution in [1.82, 2.24) is 0 Å². The first-order valence-electron chi connectivity index (χ1n) is 11.6. The molecule has 0 atom stereocenters. The monoisotopic (exact) mass is 560 g/mol. The van der Waals surface area contributed by atoms with Crippen LogP contribution in [0.1, 0.15) is 11.1 Å². The topological polar surface area (TPSA) is 107 Å². The van der Waals surface area contributed by atoms with Gasteiger partial charge in [-0.25, -0.2) is 0 Å². The zero-order valence-electron chi connectivity index (χ0n) is 20.4. The van der Waals surface area contributed by atoms with Gasteiger partial charge in [0, 0.05) is 5.33 Å². The minimum absolute atomic E-state index is 0.0417. The summed E-state index contributed by atoms with van der Waals surface area (Å²) in [6, 6.07) is 20.3. The number of aliphatic hydroxyl groups excluding tert-OH is 3. The molecule has 0 bridgehead atoms. The summed E-state index contributed by atoms with van der Waals surface area (Å²) in [5, 5.41) is 25.9. The Hall–Kier alpha value is -1.40. The van der Waals surface area contributed by atoms with Gasteiger partial charge in [-0.05, 0) is 11.1 Å². The third-order valence-electron chi connectivity index (χ3n) is 3.93. The molecule has 0 heterocycles. The van der Waals surface area contributed by atoms with Crippen molar-refractivity contribution in [1.29, 1.82) is 0 Å². The molecule has 0 aliphatic heterocycles. The van der Waals surface area contributed by atoms with E-state index in [9.17, 15) is 0 Å². The minimum atomic E-state index is 0.0417. The molecule has 0 saturated carbocycles. The first-order valence-corrected chi connectivity index (χ1v) is 12.8. The Morgan fingerprint density at radius 3 is 1.14 bits per heavy atom. The van der Waals surface area contributed by atoms with Crippen molar-refractivity contribution in [3.8, 4) is 0 Å². The Morgan fingerprint density at radius 1 is 0.457 bits per heavy atom. The summed E-state index contributed by atoms with van der Waals surface area (Å²) in [5.41, 5.74) is 2.49. The van der Waals surface area contributed by atoms with Crippen molar-refractivity contribution in [2.75, 3.05) is 79.3 Å². The van der Waals surface area contributed by atoms with Gasteiger partial charge < -0.3 is 39.0 Å². The van der Waals surface area contributed by atoms with Crippen LogP contribution in [0.25, 0.3) is 0 Å². The molecule has 2 aromatic carbocycles. The summed E-state index contributed by atoms with van der Waals surface area (Å²) in [5.74, 6) is 0. The summed E-state index contributed by atoms with van der Waals surface area (Å²) < 4.78 is 25.5. The molecule has 0 aliphatic rings. The fraction of sp³-hybridized carbons (Fsp3) is 0.538. The van der Waals surface area contributed by atoms with Gasteiger partial charge in [0.25, 0.3) is 0 Å². The molecule has 0 amide bonds. The van der Waals surface area contributed by atoms with Crippen molar-refractivity contribution in [3.05, 3.63) is 71.8 Å². The van der Waals surface area contributed by atoms with Crippen LogP contribution in [0.5, 0.6) is 0 Å². The van der Waals surface area contributed by atoms with Crippen molar-refractivity contribution < 1.29 is 39.0 Å². The van der Waals surface area contributed by atoms with Gasteiger partial charge in [-0.1, -0.05) is 76.6 Å². The van der Waals surface area contributed by atoms with Crippen molar-refractivity contribution in [2.45, 2.75) is 11.9 Å². The quantitative estimate of drug-likeness (QED) is 0.189. The third kappa shape index (κ3) is 25.5. The van der Waals surface area contributed by atoms with Crippen molar-refractivity contribution in [3.63, 3.8) is 0 Å². The Morgan fingerprint density at radius 2 is 0.800 bits per heavy atom. The van der Waals surface area contributed by atoms with Crippen LogP contribution in [0.2, 0.25) is 0 Å². The van der Waals surface area contributed by atoms with E-state index < -0.39 is 0 Å². The molecule has 9 heteroatoms. The molecule has 2 rings (SSSR count). The largest absolute Gasteiger partial charge is 0.394 e. The van der Waals surface area contributed by atoms with Gasteiger partial charge in [-0.2, -0.15) is 0 Å². The molecule has 3 N–H and O–H groups in total. The number of alkyl halides is 1. The van der Waals surface area contributed by atoms with Gasteiger partial charge >= 0.3 is 0 Å².